The number of fused-ring (bicyclic) bond motifs is 1. The highest BCUT2D eigenvalue weighted by molar-refractivity contribution is 5.97. The van der Waals surface area contributed by atoms with E-state index in [1.807, 2.05) is 50.2 Å². The smallest absolute Gasteiger partial charge is 0.359 e. The number of carbonyl (C=O) groups excluding carboxylic acids is 2. The van der Waals surface area contributed by atoms with Gasteiger partial charge in [-0.3, -0.25) is 9.78 Å². The van der Waals surface area contributed by atoms with Gasteiger partial charge in [-0.1, -0.05) is 31.2 Å². The number of nitrogens with zero attached hydrogens (tertiary/aromatic N) is 2. The minimum atomic E-state index is -0.911. The fourth-order valence-electron chi connectivity index (χ4n) is 2.67. The lowest BCUT2D eigenvalue weighted by molar-refractivity contribution is -0.124. The van der Waals surface area contributed by atoms with E-state index in [-0.39, 0.29) is 11.6 Å². The molecule has 1 N–H and O–H groups in total. The van der Waals surface area contributed by atoms with Crippen molar-refractivity contribution < 1.29 is 14.3 Å². The molecule has 2 aromatic carbocycles. The SMILES string of the molecule is CCC(OC(=O)c1cnc2ccccc2n1)C(=O)Nc1cccc(C)c1C. The molecule has 27 heavy (non-hydrogen) atoms. The van der Waals surface area contributed by atoms with Gasteiger partial charge in [-0.2, -0.15) is 0 Å². The van der Waals surface area contributed by atoms with Crippen LogP contribution in [0.4, 0.5) is 5.69 Å². The molecule has 1 atom stereocenters. The average Bonchev–Trinajstić information content (AvgIpc) is 2.69. The summed E-state index contributed by atoms with van der Waals surface area (Å²) in [5, 5.41) is 2.84. The number of hydrogen-bond acceptors (Lipinski definition) is 5. The van der Waals surface area contributed by atoms with Gasteiger partial charge in [-0.15, -0.1) is 0 Å². The van der Waals surface area contributed by atoms with Gasteiger partial charge in [-0.25, -0.2) is 9.78 Å². The molecule has 3 aromatic rings. The summed E-state index contributed by atoms with van der Waals surface area (Å²) in [5.74, 6) is -1.04. The normalized spacial score (nSPS) is 11.8. The molecule has 0 saturated carbocycles. The zero-order valence-electron chi connectivity index (χ0n) is 15.5. The van der Waals surface area contributed by atoms with Crippen molar-refractivity contribution in [2.75, 3.05) is 5.32 Å². The van der Waals surface area contributed by atoms with Crippen LogP contribution in [0.25, 0.3) is 11.0 Å². The number of esters is 1. The summed E-state index contributed by atoms with van der Waals surface area (Å²) in [7, 11) is 0. The molecule has 6 nitrogen and oxygen atoms in total. The van der Waals surface area contributed by atoms with Crippen LogP contribution < -0.4 is 5.32 Å². The summed E-state index contributed by atoms with van der Waals surface area (Å²) >= 11 is 0. The molecule has 1 aromatic heterocycles. The van der Waals surface area contributed by atoms with Crippen LogP contribution >= 0.6 is 0 Å². The Morgan fingerprint density at radius 1 is 1.07 bits per heavy atom. The number of aryl methyl sites for hydroxylation is 1. The molecule has 1 heterocycles. The van der Waals surface area contributed by atoms with E-state index in [0.29, 0.717) is 23.1 Å². The predicted octanol–water partition coefficient (Wildman–Crippen LogP) is 3.82. The van der Waals surface area contributed by atoms with Crippen molar-refractivity contribution in [3.05, 3.63) is 65.5 Å². The van der Waals surface area contributed by atoms with Crippen molar-refractivity contribution in [3.63, 3.8) is 0 Å². The molecule has 0 fully saturated rings. The van der Waals surface area contributed by atoms with Crippen molar-refractivity contribution in [1.82, 2.24) is 9.97 Å². The fraction of sp³-hybridized carbons (Fsp3) is 0.238. The van der Waals surface area contributed by atoms with Gasteiger partial charge in [0.1, 0.15) is 0 Å². The number of amides is 1. The summed E-state index contributed by atoms with van der Waals surface area (Å²) in [4.78, 5) is 33.5. The number of hydrogen-bond donors (Lipinski definition) is 1. The van der Waals surface area contributed by atoms with Crippen LogP contribution in [-0.4, -0.2) is 27.9 Å². The average molecular weight is 363 g/mol. The van der Waals surface area contributed by atoms with Gasteiger partial charge in [0.25, 0.3) is 5.91 Å². The molecular formula is C21H21N3O3. The quantitative estimate of drug-likeness (QED) is 0.697. The van der Waals surface area contributed by atoms with E-state index < -0.39 is 12.1 Å². The van der Waals surface area contributed by atoms with E-state index in [1.165, 1.54) is 6.20 Å². The monoisotopic (exact) mass is 363 g/mol. The van der Waals surface area contributed by atoms with Crippen molar-refractivity contribution in [3.8, 4) is 0 Å². The van der Waals surface area contributed by atoms with E-state index in [9.17, 15) is 9.59 Å². The Kier molecular flexibility index (Phi) is 5.45. The molecule has 0 aliphatic heterocycles. The Morgan fingerprint density at radius 3 is 2.56 bits per heavy atom. The zero-order valence-corrected chi connectivity index (χ0v) is 15.5. The first-order chi connectivity index (χ1) is 13.0. The standard InChI is InChI=1S/C21H21N3O3/c1-4-19(20(25)24-15-11-7-8-13(2)14(15)3)27-21(26)18-12-22-16-9-5-6-10-17(16)23-18/h5-12,19H,4H2,1-3H3,(H,24,25). The van der Waals surface area contributed by atoms with Gasteiger partial charge in [-0.05, 0) is 49.6 Å². The highest BCUT2D eigenvalue weighted by atomic mass is 16.5. The summed E-state index contributed by atoms with van der Waals surface area (Å²) in [6, 6.07) is 12.9. The fourth-order valence-corrected chi connectivity index (χ4v) is 2.67. The summed E-state index contributed by atoms with van der Waals surface area (Å²) < 4.78 is 5.39. The predicted molar refractivity (Wildman–Crippen MR) is 104 cm³/mol. The van der Waals surface area contributed by atoms with E-state index in [0.717, 1.165) is 11.1 Å². The summed E-state index contributed by atoms with van der Waals surface area (Å²) in [5.41, 5.74) is 4.12. The van der Waals surface area contributed by atoms with Gasteiger partial charge < -0.3 is 10.1 Å². The third-order valence-electron chi connectivity index (χ3n) is 4.43. The Balaban J connectivity index is 1.73. The number of aromatic nitrogens is 2. The molecule has 0 spiro atoms. The van der Waals surface area contributed by atoms with Crippen LogP contribution in [0.1, 0.15) is 35.0 Å². The highest BCUT2D eigenvalue weighted by Gasteiger charge is 2.23. The lowest BCUT2D eigenvalue weighted by atomic mass is 10.1. The second kappa shape index (κ2) is 7.95. The largest absolute Gasteiger partial charge is 0.447 e. The number of benzene rings is 2. The lowest BCUT2D eigenvalue weighted by Gasteiger charge is -2.17. The Hall–Kier alpha value is -3.28. The van der Waals surface area contributed by atoms with Gasteiger partial charge in [0.2, 0.25) is 0 Å². The van der Waals surface area contributed by atoms with Gasteiger partial charge >= 0.3 is 5.97 Å². The lowest BCUT2D eigenvalue weighted by Crippen LogP contribution is -2.32. The molecule has 0 radical (unpaired) electrons. The first-order valence-corrected chi connectivity index (χ1v) is 8.79. The minimum Gasteiger partial charge on any atom is -0.447 e. The first kappa shape index (κ1) is 18.5. The zero-order chi connectivity index (χ0) is 19.4. The molecule has 0 aliphatic rings. The molecule has 6 heteroatoms. The van der Waals surface area contributed by atoms with Gasteiger partial charge in [0.05, 0.1) is 17.2 Å². The molecular weight excluding hydrogens is 342 g/mol. The number of rotatable bonds is 5. The van der Waals surface area contributed by atoms with Crippen LogP contribution in [0.3, 0.4) is 0 Å². The van der Waals surface area contributed by atoms with Crippen LogP contribution in [0.5, 0.6) is 0 Å². The van der Waals surface area contributed by atoms with Crippen molar-refractivity contribution in [1.29, 1.82) is 0 Å². The van der Waals surface area contributed by atoms with Crippen LogP contribution in [-0.2, 0) is 9.53 Å². The topological polar surface area (TPSA) is 81.2 Å². The number of nitrogens with one attached hydrogen (secondary N) is 1. The van der Waals surface area contributed by atoms with Crippen molar-refractivity contribution in [2.24, 2.45) is 0 Å². The highest BCUT2D eigenvalue weighted by Crippen LogP contribution is 2.19. The molecule has 3 rings (SSSR count). The Morgan fingerprint density at radius 2 is 1.81 bits per heavy atom. The summed E-state index contributed by atoms with van der Waals surface area (Å²) in [6.45, 7) is 5.69. The van der Waals surface area contributed by atoms with Gasteiger partial charge in [0.15, 0.2) is 11.8 Å². The molecule has 0 aliphatic carbocycles. The third-order valence-corrected chi connectivity index (χ3v) is 4.43. The minimum absolute atomic E-state index is 0.0756. The van der Waals surface area contributed by atoms with E-state index >= 15 is 0 Å². The van der Waals surface area contributed by atoms with Crippen molar-refractivity contribution in [2.45, 2.75) is 33.3 Å². The maximum atomic E-state index is 12.6. The number of carbonyl (C=O) groups is 2. The maximum Gasteiger partial charge on any atom is 0.359 e. The number of anilines is 1. The number of ether oxygens (including phenoxy) is 1. The van der Waals surface area contributed by atoms with Gasteiger partial charge in [0, 0.05) is 5.69 Å². The Labute approximate surface area is 157 Å². The molecule has 138 valence electrons. The molecule has 0 bridgehead atoms. The van der Waals surface area contributed by atoms with Crippen LogP contribution in [0.2, 0.25) is 0 Å². The van der Waals surface area contributed by atoms with E-state index in [4.69, 9.17) is 4.74 Å². The molecule has 0 saturated heterocycles. The van der Waals surface area contributed by atoms with Crippen molar-refractivity contribution >= 4 is 28.6 Å². The molecule has 1 unspecified atom stereocenters. The second-order valence-electron chi connectivity index (χ2n) is 6.28. The molecule has 1 amide bonds. The van der Waals surface area contributed by atoms with E-state index in [2.05, 4.69) is 15.3 Å². The van der Waals surface area contributed by atoms with E-state index in [1.54, 1.807) is 13.0 Å². The van der Waals surface area contributed by atoms with Crippen LogP contribution in [0, 0.1) is 13.8 Å². The first-order valence-electron chi connectivity index (χ1n) is 8.79. The summed E-state index contributed by atoms with van der Waals surface area (Å²) in [6.07, 6.45) is 0.800. The second-order valence-corrected chi connectivity index (χ2v) is 6.28. The third kappa shape index (κ3) is 4.11. The number of para-hydroxylation sites is 2. The maximum absolute atomic E-state index is 12.6. The Bertz CT molecular complexity index is 1000. The van der Waals surface area contributed by atoms with Crippen LogP contribution in [0.15, 0.2) is 48.7 Å².